The van der Waals surface area contributed by atoms with Gasteiger partial charge in [0.1, 0.15) is 15.9 Å². The van der Waals surface area contributed by atoms with Crippen LogP contribution in [0.25, 0.3) is 0 Å². The van der Waals surface area contributed by atoms with Gasteiger partial charge in [-0.05, 0) is 18.9 Å². The van der Waals surface area contributed by atoms with E-state index in [1.165, 1.54) is 12.5 Å². The lowest BCUT2D eigenvalue weighted by atomic mass is 9.95. The minimum atomic E-state index is -1.09. The summed E-state index contributed by atoms with van der Waals surface area (Å²) in [4.78, 5) is 14.9. The van der Waals surface area contributed by atoms with Crippen LogP contribution >= 0.6 is 23.2 Å². The van der Waals surface area contributed by atoms with Crippen molar-refractivity contribution in [2.24, 2.45) is 0 Å². The average Bonchev–Trinajstić information content (AvgIpc) is 2.28. The third-order valence-corrected chi connectivity index (χ3v) is 3.59. The van der Waals surface area contributed by atoms with Crippen LogP contribution in [-0.2, 0) is 0 Å². The largest absolute Gasteiger partial charge is 0.478 e. The van der Waals surface area contributed by atoms with Gasteiger partial charge in [-0.25, -0.2) is 9.78 Å². The molecule has 1 fully saturated rings. The van der Waals surface area contributed by atoms with Crippen molar-refractivity contribution in [2.45, 2.75) is 38.1 Å². The molecule has 2 rings (SSSR count). The topological polar surface area (TPSA) is 62.2 Å². The predicted molar refractivity (Wildman–Crippen MR) is 71.7 cm³/mol. The molecule has 0 spiro atoms. The molecular weight excluding hydrogens is 275 g/mol. The molecule has 1 aromatic heterocycles. The van der Waals surface area contributed by atoms with E-state index in [1.807, 2.05) is 0 Å². The van der Waals surface area contributed by atoms with Crippen molar-refractivity contribution in [3.05, 3.63) is 21.9 Å². The number of rotatable bonds is 3. The van der Waals surface area contributed by atoms with E-state index in [-0.39, 0.29) is 21.9 Å². The first-order valence-corrected chi connectivity index (χ1v) is 6.69. The third-order valence-electron chi connectivity index (χ3n) is 3.12. The zero-order valence-corrected chi connectivity index (χ0v) is 11.3. The van der Waals surface area contributed by atoms with Crippen molar-refractivity contribution in [3.63, 3.8) is 0 Å². The number of aromatic carboxylic acids is 1. The summed E-state index contributed by atoms with van der Waals surface area (Å²) in [6.45, 7) is 0. The lowest BCUT2D eigenvalue weighted by Crippen LogP contribution is -2.23. The number of carboxylic acids is 1. The third kappa shape index (κ3) is 3.06. The van der Waals surface area contributed by atoms with E-state index < -0.39 is 5.97 Å². The molecule has 0 radical (unpaired) electrons. The van der Waals surface area contributed by atoms with Crippen molar-refractivity contribution in [1.29, 1.82) is 0 Å². The monoisotopic (exact) mass is 288 g/mol. The summed E-state index contributed by atoms with van der Waals surface area (Å²) in [7, 11) is 0. The molecular formula is C12H14Cl2N2O2. The Kier molecular flexibility index (Phi) is 4.30. The molecule has 1 saturated carbocycles. The maximum absolute atomic E-state index is 11.2. The summed E-state index contributed by atoms with van der Waals surface area (Å²) in [5.41, 5.74) is 0.450. The van der Waals surface area contributed by atoms with Gasteiger partial charge in [-0.2, -0.15) is 0 Å². The van der Waals surface area contributed by atoms with E-state index in [0.717, 1.165) is 25.7 Å². The summed E-state index contributed by atoms with van der Waals surface area (Å²) < 4.78 is 0. The van der Waals surface area contributed by atoms with Crippen LogP contribution in [0.4, 0.5) is 5.69 Å². The van der Waals surface area contributed by atoms with Crippen LogP contribution in [0.3, 0.4) is 0 Å². The van der Waals surface area contributed by atoms with E-state index in [4.69, 9.17) is 28.3 Å². The number of nitrogens with one attached hydrogen (secondary N) is 1. The van der Waals surface area contributed by atoms with E-state index in [9.17, 15) is 4.79 Å². The standard InChI is InChI=1S/C12H14Cl2N2O2/c13-9-6-8(10(12(17)18)11(14)16-9)15-7-4-2-1-3-5-7/h6-7H,1-5H2,(H,15,16)(H,17,18). The van der Waals surface area contributed by atoms with Gasteiger partial charge in [-0.3, -0.25) is 0 Å². The summed E-state index contributed by atoms with van der Waals surface area (Å²) in [5, 5.41) is 12.5. The second kappa shape index (κ2) is 5.76. The fourth-order valence-corrected chi connectivity index (χ4v) is 2.78. The molecule has 0 aliphatic heterocycles. The number of carbonyl (C=O) groups is 1. The van der Waals surface area contributed by atoms with Crippen molar-refractivity contribution < 1.29 is 9.90 Å². The summed E-state index contributed by atoms with van der Waals surface area (Å²) in [6, 6.07) is 1.80. The average molecular weight is 289 g/mol. The first-order chi connectivity index (χ1) is 8.58. The van der Waals surface area contributed by atoms with Gasteiger partial charge >= 0.3 is 5.97 Å². The lowest BCUT2D eigenvalue weighted by molar-refractivity contribution is 0.0697. The highest BCUT2D eigenvalue weighted by atomic mass is 35.5. The number of anilines is 1. The number of nitrogens with zero attached hydrogens (tertiary/aromatic N) is 1. The molecule has 0 amide bonds. The Labute approximate surface area is 115 Å². The molecule has 1 heterocycles. The SMILES string of the molecule is O=C(O)c1c(NC2CCCCC2)cc(Cl)nc1Cl. The molecule has 1 aliphatic rings. The van der Waals surface area contributed by atoms with Crippen molar-refractivity contribution in [1.82, 2.24) is 4.98 Å². The predicted octanol–water partition coefficient (Wildman–Crippen LogP) is 3.83. The summed E-state index contributed by atoms with van der Waals surface area (Å²) in [5.74, 6) is -1.09. The highest BCUT2D eigenvalue weighted by molar-refractivity contribution is 6.35. The zero-order valence-electron chi connectivity index (χ0n) is 9.75. The zero-order chi connectivity index (χ0) is 13.1. The Hall–Kier alpha value is -1.00. The quantitative estimate of drug-likeness (QED) is 0.830. The maximum Gasteiger partial charge on any atom is 0.340 e. The summed E-state index contributed by atoms with van der Waals surface area (Å²) in [6.07, 6.45) is 5.63. The number of hydrogen-bond acceptors (Lipinski definition) is 3. The highest BCUT2D eigenvalue weighted by Crippen LogP contribution is 2.29. The van der Waals surface area contributed by atoms with E-state index in [2.05, 4.69) is 10.3 Å². The molecule has 0 aromatic carbocycles. The van der Waals surface area contributed by atoms with Crippen LogP contribution in [0, 0.1) is 0 Å². The minimum absolute atomic E-state index is 0.00774. The maximum atomic E-state index is 11.2. The molecule has 18 heavy (non-hydrogen) atoms. The molecule has 0 saturated heterocycles. The Morgan fingerprint density at radius 1 is 1.33 bits per heavy atom. The van der Waals surface area contributed by atoms with Crippen molar-refractivity contribution in [3.8, 4) is 0 Å². The number of hydrogen-bond donors (Lipinski definition) is 2. The first-order valence-electron chi connectivity index (χ1n) is 5.94. The van der Waals surface area contributed by atoms with Gasteiger partial charge in [0, 0.05) is 6.04 Å². The van der Waals surface area contributed by atoms with Gasteiger partial charge in [0.2, 0.25) is 0 Å². The Balaban J connectivity index is 2.27. The van der Waals surface area contributed by atoms with Crippen LogP contribution in [0.1, 0.15) is 42.5 Å². The van der Waals surface area contributed by atoms with Crippen LogP contribution < -0.4 is 5.32 Å². The molecule has 4 nitrogen and oxygen atoms in total. The molecule has 1 aliphatic carbocycles. The highest BCUT2D eigenvalue weighted by Gasteiger charge is 2.20. The van der Waals surface area contributed by atoms with Crippen LogP contribution in [-0.4, -0.2) is 22.1 Å². The molecule has 98 valence electrons. The number of pyridine rings is 1. The molecule has 2 N–H and O–H groups in total. The number of aromatic nitrogens is 1. The molecule has 0 atom stereocenters. The first kappa shape index (κ1) is 13.4. The van der Waals surface area contributed by atoms with Crippen LogP contribution in [0.15, 0.2) is 6.07 Å². The molecule has 6 heteroatoms. The molecule has 1 aromatic rings. The van der Waals surface area contributed by atoms with Crippen molar-refractivity contribution in [2.75, 3.05) is 5.32 Å². The summed E-state index contributed by atoms with van der Waals surface area (Å²) >= 11 is 11.6. The van der Waals surface area contributed by atoms with Crippen molar-refractivity contribution >= 4 is 34.9 Å². The van der Waals surface area contributed by atoms with Gasteiger partial charge < -0.3 is 10.4 Å². The van der Waals surface area contributed by atoms with Crippen LogP contribution in [0.2, 0.25) is 10.3 Å². The molecule has 0 unspecified atom stereocenters. The van der Waals surface area contributed by atoms with E-state index in [0.29, 0.717) is 5.69 Å². The Morgan fingerprint density at radius 3 is 2.61 bits per heavy atom. The lowest BCUT2D eigenvalue weighted by Gasteiger charge is -2.24. The smallest absolute Gasteiger partial charge is 0.340 e. The van der Waals surface area contributed by atoms with Gasteiger partial charge in [-0.1, -0.05) is 42.5 Å². The van der Waals surface area contributed by atoms with Gasteiger partial charge in [0.05, 0.1) is 5.69 Å². The Morgan fingerprint density at radius 2 is 2.00 bits per heavy atom. The second-order valence-electron chi connectivity index (χ2n) is 4.44. The van der Waals surface area contributed by atoms with E-state index >= 15 is 0 Å². The van der Waals surface area contributed by atoms with E-state index in [1.54, 1.807) is 0 Å². The van der Waals surface area contributed by atoms with Crippen LogP contribution in [0.5, 0.6) is 0 Å². The second-order valence-corrected chi connectivity index (χ2v) is 5.19. The fourth-order valence-electron chi connectivity index (χ4n) is 2.27. The van der Waals surface area contributed by atoms with Gasteiger partial charge in [0.15, 0.2) is 0 Å². The fraction of sp³-hybridized carbons (Fsp3) is 0.500. The van der Waals surface area contributed by atoms with Gasteiger partial charge in [0.25, 0.3) is 0 Å². The minimum Gasteiger partial charge on any atom is -0.478 e. The number of halogens is 2. The normalized spacial score (nSPS) is 16.6. The Bertz CT molecular complexity index is 460. The molecule has 0 bridgehead atoms. The number of carboxylic acid groups (broad SMARTS) is 1. The van der Waals surface area contributed by atoms with Gasteiger partial charge in [-0.15, -0.1) is 0 Å².